The van der Waals surface area contributed by atoms with Crippen LogP contribution < -0.4 is 5.32 Å². The van der Waals surface area contributed by atoms with Crippen molar-refractivity contribution in [3.8, 4) is 6.07 Å². The largest absolute Gasteiger partial charge is 0.325 e. The van der Waals surface area contributed by atoms with Gasteiger partial charge < -0.3 is 5.32 Å². The molecule has 0 spiro atoms. The van der Waals surface area contributed by atoms with Gasteiger partial charge in [-0.15, -0.1) is 0 Å². The highest BCUT2D eigenvalue weighted by Gasteiger charge is 2.27. The second kappa shape index (κ2) is 4.09. The molecule has 0 aromatic heterocycles. The SMILES string of the molecule is CC(C)(C#N)C(=O)Nc1ccc(F)cc1. The van der Waals surface area contributed by atoms with Crippen LogP contribution >= 0.6 is 0 Å². The second-order valence-electron chi connectivity index (χ2n) is 3.70. The molecule has 0 bridgehead atoms. The molecule has 4 heteroatoms. The monoisotopic (exact) mass is 206 g/mol. The fourth-order valence-electron chi connectivity index (χ4n) is 0.871. The number of benzene rings is 1. The van der Waals surface area contributed by atoms with Gasteiger partial charge in [0.05, 0.1) is 6.07 Å². The number of hydrogen-bond acceptors (Lipinski definition) is 2. The Bertz CT molecular complexity index is 404. The maximum absolute atomic E-state index is 12.6. The molecule has 0 radical (unpaired) electrons. The highest BCUT2D eigenvalue weighted by Crippen LogP contribution is 2.17. The summed E-state index contributed by atoms with van der Waals surface area (Å²) in [6.45, 7) is 3.04. The first-order chi connectivity index (χ1) is 6.95. The van der Waals surface area contributed by atoms with Crippen LogP contribution in [0.15, 0.2) is 24.3 Å². The topological polar surface area (TPSA) is 52.9 Å². The van der Waals surface area contributed by atoms with E-state index in [-0.39, 0.29) is 5.82 Å². The Kier molecular flexibility index (Phi) is 3.05. The molecule has 0 aliphatic rings. The van der Waals surface area contributed by atoms with Crippen LogP contribution in [0.5, 0.6) is 0 Å². The summed E-state index contributed by atoms with van der Waals surface area (Å²) in [6.07, 6.45) is 0. The number of nitriles is 1. The van der Waals surface area contributed by atoms with Crippen molar-refractivity contribution < 1.29 is 9.18 Å². The summed E-state index contributed by atoms with van der Waals surface area (Å²) in [5.74, 6) is -0.774. The summed E-state index contributed by atoms with van der Waals surface area (Å²) in [6, 6.07) is 7.27. The van der Waals surface area contributed by atoms with E-state index in [9.17, 15) is 9.18 Å². The Balaban J connectivity index is 2.76. The molecule has 1 aromatic carbocycles. The van der Waals surface area contributed by atoms with Crippen LogP contribution in [-0.4, -0.2) is 5.91 Å². The number of anilines is 1. The van der Waals surface area contributed by atoms with E-state index in [1.54, 1.807) is 0 Å². The normalized spacial score (nSPS) is 10.5. The minimum Gasteiger partial charge on any atom is -0.325 e. The van der Waals surface area contributed by atoms with Gasteiger partial charge in [-0.05, 0) is 38.1 Å². The smallest absolute Gasteiger partial charge is 0.244 e. The molecule has 0 saturated heterocycles. The Hall–Kier alpha value is -1.89. The molecule has 0 atom stereocenters. The summed E-state index contributed by atoms with van der Waals surface area (Å²) < 4.78 is 12.6. The Morgan fingerprint density at radius 3 is 2.40 bits per heavy atom. The van der Waals surface area contributed by atoms with Gasteiger partial charge in [0, 0.05) is 5.69 Å². The molecule has 78 valence electrons. The first-order valence-electron chi connectivity index (χ1n) is 4.44. The molecular weight excluding hydrogens is 195 g/mol. The number of rotatable bonds is 2. The first kappa shape index (κ1) is 11.2. The highest BCUT2D eigenvalue weighted by molar-refractivity contribution is 5.96. The number of halogens is 1. The third-order valence-electron chi connectivity index (χ3n) is 1.95. The maximum Gasteiger partial charge on any atom is 0.244 e. The van der Waals surface area contributed by atoms with Crippen LogP contribution in [0.25, 0.3) is 0 Å². The number of amides is 1. The van der Waals surface area contributed by atoms with Crippen molar-refractivity contribution in [2.75, 3.05) is 5.32 Å². The maximum atomic E-state index is 12.6. The van der Waals surface area contributed by atoms with Gasteiger partial charge in [-0.25, -0.2) is 4.39 Å². The fourth-order valence-corrected chi connectivity index (χ4v) is 0.871. The minimum absolute atomic E-state index is 0.368. The number of carbonyl (C=O) groups is 1. The molecule has 3 nitrogen and oxygen atoms in total. The van der Waals surface area contributed by atoms with E-state index in [4.69, 9.17) is 5.26 Å². The van der Waals surface area contributed by atoms with E-state index in [2.05, 4.69) is 5.32 Å². The van der Waals surface area contributed by atoms with Crippen molar-refractivity contribution in [3.63, 3.8) is 0 Å². The molecule has 15 heavy (non-hydrogen) atoms. The first-order valence-corrected chi connectivity index (χ1v) is 4.44. The molecule has 0 unspecified atom stereocenters. The van der Waals surface area contributed by atoms with E-state index in [0.29, 0.717) is 5.69 Å². The van der Waals surface area contributed by atoms with Gasteiger partial charge in [-0.1, -0.05) is 0 Å². The molecule has 0 heterocycles. The molecule has 0 fully saturated rings. The Labute approximate surface area is 87.5 Å². The van der Waals surface area contributed by atoms with Crippen molar-refractivity contribution in [2.24, 2.45) is 5.41 Å². The molecule has 1 aromatic rings. The van der Waals surface area contributed by atoms with E-state index in [1.165, 1.54) is 38.1 Å². The zero-order valence-corrected chi connectivity index (χ0v) is 8.54. The van der Waals surface area contributed by atoms with Crippen molar-refractivity contribution >= 4 is 11.6 Å². The van der Waals surface area contributed by atoms with Crippen LogP contribution in [0.4, 0.5) is 10.1 Å². The molecule has 1 amide bonds. The van der Waals surface area contributed by atoms with Crippen LogP contribution in [0.2, 0.25) is 0 Å². The van der Waals surface area contributed by atoms with Crippen molar-refractivity contribution in [1.29, 1.82) is 5.26 Å². The highest BCUT2D eigenvalue weighted by atomic mass is 19.1. The standard InChI is InChI=1S/C11H11FN2O/c1-11(2,7-13)10(15)14-9-5-3-8(12)4-6-9/h3-6H,1-2H3,(H,14,15). The summed E-state index contributed by atoms with van der Waals surface area (Å²) in [7, 11) is 0. The van der Waals surface area contributed by atoms with E-state index < -0.39 is 11.3 Å². The van der Waals surface area contributed by atoms with E-state index >= 15 is 0 Å². The Morgan fingerprint density at radius 1 is 1.40 bits per heavy atom. The summed E-state index contributed by atoms with van der Waals surface area (Å²) in [5.41, 5.74) is -0.612. The molecule has 0 saturated carbocycles. The molecule has 0 aliphatic heterocycles. The van der Waals surface area contributed by atoms with Gasteiger partial charge in [0.25, 0.3) is 0 Å². The lowest BCUT2D eigenvalue weighted by Gasteiger charge is -2.14. The van der Waals surface area contributed by atoms with Crippen molar-refractivity contribution in [3.05, 3.63) is 30.1 Å². The van der Waals surface area contributed by atoms with Gasteiger partial charge in [-0.3, -0.25) is 4.79 Å². The summed E-state index contributed by atoms with van der Waals surface area (Å²) in [5, 5.41) is 11.2. The lowest BCUT2D eigenvalue weighted by molar-refractivity contribution is -0.121. The van der Waals surface area contributed by atoms with Gasteiger partial charge in [0.2, 0.25) is 5.91 Å². The Morgan fingerprint density at radius 2 is 1.93 bits per heavy atom. The van der Waals surface area contributed by atoms with Gasteiger partial charge in [-0.2, -0.15) is 5.26 Å². The number of nitrogens with zero attached hydrogens (tertiary/aromatic N) is 1. The van der Waals surface area contributed by atoms with Crippen molar-refractivity contribution in [2.45, 2.75) is 13.8 Å². The van der Waals surface area contributed by atoms with E-state index in [0.717, 1.165) is 0 Å². The zero-order chi connectivity index (χ0) is 11.5. The summed E-state index contributed by atoms with van der Waals surface area (Å²) in [4.78, 5) is 11.5. The van der Waals surface area contributed by atoms with Gasteiger partial charge >= 0.3 is 0 Å². The molecule has 1 N–H and O–H groups in total. The summed E-state index contributed by atoms with van der Waals surface area (Å²) >= 11 is 0. The van der Waals surface area contributed by atoms with Gasteiger partial charge in [0.15, 0.2) is 0 Å². The van der Waals surface area contributed by atoms with Crippen LogP contribution in [0, 0.1) is 22.6 Å². The lowest BCUT2D eigenvalue weighted by Crippen LogP contribution is -2.29. The molecular formula is C11H11FN2O. The van der Waals surface area contributed by atoms with Crippen LogP contribution in [0.1, 0.15) is 13.8 Å². The molecule has 1 rings (SSSR count). The average molecular weight is 206 g/mol. The predicted molar refractivity (Wildman–Crippen MR) is 54.4 cm³/mol. The van der Waals surface area contributed by atoms with Crippen LogP contribution in [0.3, 0.4) is 0 Å². The van der Waals surface area contributed by atoms with E-state index in [1.807, 2.05) is 6.07 Å². The number of hydrogen-bond donors (Lipinski definition) is 1. The van der Waals surface area contributed by atoms with Crippen LogP contribution in [-0.2, 0) is 4.79 Å². The zero-order valence-electron chi connectivity index (χ0n) is 8.54. The van der Waals surface area contributed by atoms with Gasteiger partial charge in [0.1, 0.15) is 11.2 Å². The average Bonchev–Trinajstić information content (AvgIpc) is 2.21. The third-order valence-corrected chi connectivity index (χ3v) is 1.95. The van der Waals surface area contributed by atoms with Crippen molar-refractivity contribution in [1.82, 2.24) is 0 Å². The third kappa shape index (κ3) is 2.78. The molecule has 0 aliphatic carbocycles. The number of nitrogens with one attached hydrogen (secondary N) is 1. The predicted octanol–water partition coefficient (Wildman–Crippen LogP) is 2.31. The second-order valence-corrected chi connectivity index (χ2v) is 3.70. The fraction of sp³-hybridized carbons (Fsp3) is 0.273. The lowest BCUT2D eigenvalue weighted by atomic mass is 9.95. The number of carbonyl (C=O) groups excluding carboxylic acids is 1. The quantitative estimate of drug-likeness (QED) is 0.807. The minimum atomic E-state index is -1.09.